The lowest BCUT2D eigenvalue weighted by atomic mass is 9.82. The first-order chi connectivity index (χ1) is 24.4. The summed E-state index contributed by atoms with van der Waals surface area (Å²) in [7, 11) is -3.57. The van der Waals surface area contributed by atoms with Gasteiger partial charge in [0.25, 0.3) is 5.91 Å². The van der Waals surface area contributed by atoms with E-state index in [1.54, 1.807) is 32.7 Å². The van der Waals surface area contributed by atoms with Crippen LogP contribution in [0.3, 0.4) is 0 Å². The zero-order valence-electron chi connectivity index (χ0n) is 29.2. The lowest BCUT2D eigenvalue weighted by Gasteiger charge is -2.37. The molecule has 3 aromatic rings. The van der Waals surface area contributed by atoms with Crippen molar-refractivity contribution in [3.63, 3.8) is 0 Å². The average Bonchev–Trinajstić information content (AvgIpc) is 3.52. The van der Waals surface area contributed by atoms with Crippen molar-refractivity contribution >= 4 is 49.1 Å². The van der Waals surface area contributed by atoms with Gasteiger partial charge in [0.1, 0.15) is 0 Å². The summed E-state index contributed by atoms with van der Waals surface area (Å²) in [5.41, 5.74) is 3.36. The molecular formula is C39H43FN4O6Si. The monoisotopic (exact) mass is 710 g/mol. The van der Waals surface area contributed by atoms with E-state index >= 15 is 4.11 Å². The van der Waals surface area contributed by atoms with Crippen molar-refractivity contribution in [3.05, 3.63) is 89.0 Å². The summed E-state index contributed by atoms with van der Waals surface area (Å²) in [5, 5.41) is 10.3. The highest BCUT2D eigenvalue weighted by atomic mass is 28.4. The minimum absolute atomic E-state index is 0.00784. The minimum Gasteiger partial charge on any atom is -0.394 e. The number of aliphatic hydroxyl groups is 1. The standard InChI is InChI=1S/C39H43FN4O6Si/c1-24-37(51(2,3)40)33(20-36(48)43-22-27-7-5-4-6-26(27)18-30(43)23-45)50-39(24)31-19-29(42-17-15-35(42)47)12-13-32(31)44(38(39)49)21-25-8-10-28(11-9-25)41-16-14-34(41)46/h4-13,19,24,30,33,37,45H,14-18,20-23H2,1-3H3/t24-,30-,33+,37-,39+/m0/s1. The molecular weight excluding hydrogens is 668 g/mol. The van der Waals surface area contributed by atoms with Gasteiger partial charge in [0.2, 0.25) is 26.1 Å². The average molecular weight is 711 g/mol. The number of amides is 4. The summed E-state index contributed by atoms with van der Waals surface area (Å²) in [5.74, 6) is -1.11. The fourth-order valence-electron chi connectivity index (χ4n) is 9.03. The Morgan fingerprint density at radius 1 is 0.941 bits per heavy atom. The summed E-state index contributed by atoms with van der Waals surface area (Å²) in [6, 6.07) is 20.5. The minimum atomic E-state index is -3.57. The molecule has 1 spiro atoms. The van der Waals surface area contributed by atoms with Gasteiger partial charge in [-0.05, 0) is 66.5 Å². The van der Waals surface area contributed by atoms with E-state index in [1.807, 2.05) is 73.7 Å². The third-order valence-electron chi connectivity index (χ3n) is 11.8. The van der Waals surface area contributed by atoms with E-state index in [4.69, 9.17) is 4.74 Å². The number of halogens is 1. The van der Waals surface area contributed by atoms with Crippen LogP contribution in [0.25, 0.3) is 0 Å². The first kappa shape index (κ1) is 33.7. The zero-order chi connectivity index (χ0) is 35.8. The smallest absolute Gasteiger partial charge is 0.264 e. The van der Waals surface area contributed by atoms with Gasteiger partial charge in [-0.1, -0.05) is 43.3 Å². The maximum atomic E-state index is 16.6. The molecule has 8 rings (SSSR count). The Morgan fingerprint density at radius 2 is 1.59 bits per heavy atom. The molecule has 0 radical (unpaired) electrons. The van der Waals surface area contributed by atoms with Gasteiger partial charge in [0.15, 0.2) is 5.60 Å². The normalized spacial score (nSPS) is 27.1. The van der Waals surface area contributed by atoms with Crippen molar-refractivity contribution in [1.29, 1.82) is 0 Å². The maximum Gasteiger partial charge on any atom is 0.264 e. The Balaban J connectivity index is 1.14. The van der Waals surface area contributed by atoms with Crippen molar-refractivity contribution in [2.75, 3.05) is 34.4 Å². The van der Waals surface area contributed by atoms with Crippen LogP contribution in [-0.4, -0.2) is 73.9 Å². The molecule has 51 heavy (non-hydrogen) atoms. The van der Waals surface area contributed by atoms with Gasteiger partial charge in [-0.25, -0.2) is 0 Å². The second-order valence-corrected chi connectivity index (χ2v) is 19.0. The van der Waals surface area contributed by atoms with E-state index in [0.717, 1.165) is 22.4 Å². The molecule has 4 amide bonds. The third kappa shape index (κ3) is 5.41. The molecule has 0 aromatic heterocycles. The molecule has 0 unspecified atom stereocenters. The molecule has 0 bridgehead atoms. The third-order valence-corrected chi connectivity index (χ3v) is 14.3. The molecule has 3 aromatic carbocycles. The fourth-order valence-corrected chi connectivity index (χ4v) is 11.5. The highest BCUT2D eigenvalue weighted by molar-refractivity contribution is 6.72. The lowest BCUT2D eigenvalue weighted by Crippen LogP contribution is -2.48. The highest BCUT2D eigenvalue weighted by Crippen LogP contribution is 2.61. The molecule has 266 valence electrons. The second kappa shape index (κ2) is 12.4. The number of benzene rings is 3. The van der Waals surface area contributed by atoms with E-state index in [1.165, 1.54) is 0 Å². The van der Waals surface area contributed by atoms with Crippen molar-refractivity contribution < 1.29 is 33.1 Å². The van der Waals surface area contributed by atoms with Gasteiger partial charge >= 0.3 is 0 Å². The van der Waals surface area contributed by atoms with E-state index in [-0.39, 0.29) is 43.2 Å². The number of nitrogens with zero attached hydrogens (tertiary/aromatic N) is 4. The molecule has 12 heteroatoms. The number of rotatable bonds is 8. The number of hydrogen-bond donors (Lipinski definition) is 1. The summed E-state index contributed by atoms with van der Waals surface area (Å²) >= 11 is 0. The van der Waals surface area contributed by atoms with Crippen LogP contribution < -0.4 is 14.7 Å². The number of carbonyl (C=O) groups is 4. The number of aliphatic hydroxyl groups excluding tert-OH is 1. The van der Waals surface area contributed by atoms with Gasteiger partial charge in [-0.3, -0.25) is 19.2 Å². The molecule has 3 fully saturated rings. The number of β-lactam (4-membered cyclic amide) rings is 2. The second-order valence-electron chi connectivity index (χ2n) is 15.2. The molecule has 1 N–H and O–H groups in total. The van der Waals surface area contributed by atoms with Crippen LogP contribution >= 0.6 is 0 Å². The largest absolute Gasteiger partial charge is 0.394 e. The molecule has 5 atom stereocenters. The van der Waals surface area contributed by atoms with Crippen LogP contribution in [0.15, 0.2) is 66.7 Å². The summed E-state index contributed by atoms with van der Waals surface area (Å²) in [6.07, 6.45) is 0.495. The van der Waals surface area contributed by atoms with Crippen LogP contribution in [0.2, 0.25) is 18.6 Å². The molecule has 10 nitrogen and oxygen atoms in total. The van der Waals surface area contributed by atoms with E-state index in [9.17, 15) is 24.3 Å². The quantitative estimate of drug-likeness (QED) is 0.204. The number of carbonyl (C=O) groups excluding carboxylic acids is 4. The van der Waals surface area contributed by atoms with Crippen molar-refractivity contribution in [2.24, 2.45) is 5.92 Å². The highest BCUT2D eigenvalue weighted by Gasteiger charge is 2.67. The molecule has 5 aliphatic heterocycles. The molecule has 0 aliphatic carbocycles. The first-order valence-corrected chi connectivity index (χ1v) is 20.9. The molecule has 0 saturated carbocycles. The molecule has 5 aliphatic rings. The van der Waals surface area contributed by atoms with Gasteiger partial charge in [0.05, 0.1) is 37.4 Å². The van der Waals surface area contributed by atoms with E-state index < -0.39 is 37.6 Å². The number of fused-ring (bicyclic) bond motifs is 3. The molecule has 5 heterocycles. The SMILES string of the molecule is C[C@H]1[C@H]([Si](C)(C)F)[C@@H](CC(=O)N2Cc3ccccc3C[C@H]2CO)O[C@]12C(=O)N(Cc1ccc(N3CCC3=O)cc1)c1ccc(N3CCC3=O)cc12. The summed E-state index contributed by atoms with van der Waals surface area (Å²) in [4.78, 5) is 60.4. The number of anilines is 3. The fraction of sp³-hybridized carbons (Fsp3) is 0.436. The zero-order valence-corrected chi connectivity index (χ0v) is 30.2. The van der Waals surface area contributed by atoms with E-state index in [2.05, 4.69) is 0 Å². The summed E-state index contributed by atoms with van der Waals surface area (Å²) in [6.45, 7) is 6.69. The van der Waals surface area contributed by atoms with Gasteiger partial charge < -0.3 is 33.6 Å². The van der Waals surface area contributed by atoms with E-state index in [0.29, 0.717) is 55.8 Å². The Kier molecular flexibility index (Phi) is 8.19. The maximum absolute atomic E-state index is 16.6. The van der Waals surface area contributed by atoms with Crippen LogP contribution in [0.1, 0.15) is 48.4 Å². The first-order valence-electron chi connectivity index (χ1n) is 17.9. The predicted molar refractivity (Wildman–Crippen MR) is 192 cm³/mol. The number of ether oxygens (including phenoxy) is 1. The number of hydrogen-bond acceptors (Lipinski definition) is 6. The van der Waals surface area contributed by atoms with Gasteiger partial charge in [0, 0.05) is 60.9 Å². The Bertz CT molecular complexity index is 1930. The Morgan fingerprint density at radius 3 is 2.20 bits per heavy atom. The van der Waals surface area contributed by atoms with Crippen LogP contribution in [0.4, 0.5) is 21.2 Å². The van der Waals surface area contributed by atoms with Crippen LogP contribution in [0, 0.1) is 5.92 Å². The Labute approximate surface area is 297 Å². The topological polar surface area (TPSA) is 111 Å². The van der Waals surface area contributed by atoms with Gasteiger partial charge in [-0.2, -0.15) is 0 Å². The Hall–Kier alpha value is -4.39. The van der Waals surface area contributed by atoms with Gasteiger partial charge in [-0.15, -0.1) is 0 Å². The van der Waals surface area contributed by atoms with Crippen molar-refractivity contribution in [1.82, 2.24) is 4.90 Å². The summed E-state index contributed by atoms with van der Waals surface area (Å²) < 4.78 is 23.5. The van der Waals surface area contributed by atoms with Crippen molar-refractivity contribution in [3.8, 4) is 0 Å². The molecule has 3 saturated heterocycles. The predicted octanol–water partition coefficient (Wildman–Crippen LogP) is 4.82. The van der Waals surface area contributed by atoms with Crippen LogP contribution in [0.5, 0.6) is 0 Å². The lowest BCUT2D eigenvalue weighted by molar-refractivity contribution is -0.151. The van der Waals surface area contributed by atoms with Crippen molar-refractivity contribution in [2.45, 2.75) is 82.1 Å². The van der Waals surface area contributed by atoms with Crippen LogP contribution in [-0.2, 0) is 49.0 Å².